The highest BCUT2D eigenvalue weighted by atomic mass is 32.2. The molecule has 1 aliphatic heterocycles. The first-order chi connectivity index (χ1) is 15.4. The molecule has 6 heteroatoms. The summed E-state index contributed by atoms with van der Waals surface area (Å²) in [6, 6.07) is 15.1. The second kappa shape index (κ2) is 8.34. The van der Waals surface area contributed by atoms with Gasteiger partial charge in [0.05, 0.1) is 4.90 Å². The van der Waals surface area contributed by atoms with Crippen molar-refractivity contribution in [2.45, 2.75) is 50.3 Å². The van der Waals surface area contributed by atoms with Gasteiger partial charge in [0.1, 0.15) is 0 Å². The molecule has 1 N–H and O–H groups in total. The first-order valence-corrected chi connectivity index (χ1v) is 12.8. The number of anilines is 1. The number of aryl methyl sites for hydroxylation is 3. The molecule has 0 saturated carbocycles. The van der Waals surface area contributed by atoms with E-state index in [1.54, 1.807) is 16.4 Å². The van der Waals surface area contributed by atoms with Gasteiger partial charge in [-0.05, 0) is 72.9 Å². The minimum atomic E-state index is -3.62. The van der Waals surface area contributed by atoms with Gasteiger partial charge in [0, 0.05) is 29.7 Å². The molecule has 0 atom stereocenters. The molecule has 0 unspecified atom stereocenters. The normalized spacial score (nSPS) is 16.8. The van der Waals surface area contributed by atoms with Crippen molar-refractivity contribution in [2.24, 2.45) is 0 Å². The Morgan fingerprint density at radius 2 is 1.62 bits per heavy atom. The predicted molar refractivity (Wildman–Crippen MR) is 128 cm³/mol. The van der Waals surface area contributed by atoms with E-state index in [0.29, 0.717) is 18.7 Å². The Kier molecular flexibility index (Phi) is 5.51. The van der Waals surface area contributed by atoms with Gasteiger partial charge in [0.15, 0.2) is 0 Å². The molecule has 5 nitrogen and oxygen atoms in total. The van der Waals surface area contributed by atoms with Gasteiger partial charge in [-0.3, -0.25) is 4.79 Å². The second-order valence-corrected chi connectivity index (χ2v) is 10.8. The Morgan fingerprint density at radius 1 is 0.906 bits per heavy atom. The van der Waals surface area contributed by atoms with E-state index in [9.17, 15) is 13.2 Å². The van der Waals surface area contributed by atoms with E-state index in [1.807, 2.05) is 25.1 Å². The molecule has 166 valence electrons. The van der Waals surface area contributed by atoms with Gasteiger partial charge in [-0.25, -0.2) is 8.42 Å². The lowest BCUT2D eigenvalue weighted by Crippen LogP contribution is -2.32. The summed E-state index contributed by atoms with van der Waals surface area (Å²) in [5.74, 6) is -0.283. The predicted octanol–water partition coefficient (Wildman–Crippen LogP) is 5.06. The fourth-order valence-electron chi connectivity index (χ4n) is 4.98. The summed E-state index contributed by atoms with van der Waals surface area (Å²) in [4.78, 5) is 13.4. The topological polar surface area (TPSA) is 66.5 Å². The Morgan fingerprint density at radius 3 is 2.38 bits per heavy atom. The summed E-state index contributed by atoms with van der Waals surface area (Å²) < 4.78 is 28.0. The van der Waals surface area contributed by atoms with Crippen LogP contribution in [-0.4, -0.2) is 31.7 Å². The number of carbonyl (C=O) groups excluding carboxylic acids is 1. The van der Waals surface area contributed by atoms with Crippen molar-refractivity contribution in [1.82, 2.24) is 4.31 Å². The zero-order valence-electron chi connectivity index (χ0n) is 18.4. The largest absolute Gasteiger partial charge is 0.321 e. The molecule has 1 heterocycles. The number of carbonyl (C=O) groups is 1. The van der Waals surface area contributed by atoms with Gasteiger partial charge < -0.3 is 5.32 Å². The van der Waals surface area contributed by atoms with Crippen LogP contribution in [0.4, 0.5) is 5.69 Å². The lowest BCUT2D eigenvalue weighted by atomic mass is 10.0. The van der Waals surface area contributed by atoms with Gasteiger partial charge in [-0.2, -0.15) is 4.31 Å². The molecule has 1 amide bonds. The number of nitrogens with one attached hydrogen (secondary N) is 1. The van der Waals surface area contributed by atoms with Gasteiger partial charge in [0.25, 0.3) is 5.91 Å². The zero-order chi connectivity index (χ0) is 22.3. The molecular weight excluding hydrogens is 420 g/mol. The molecular formula is C26H28N2O3S. The van der Waals surface area contributed by atoms with E-state index in [4.69, 9.17) is 0 Å². The maximum absolute atomic E-state index is 13.3. The molecule has 0 spiro atoms. The van der Waals surface area contributed by atoms with Crippen molar-refractivity contribution >= 4 is 32.4 Å². The van der Waals surface area contributed by atoms with Crippen LogP contribution in [0.15, 0.2) is 53.4 Å². The Balaban J connectivity index is 1.47. The summed E-state index contributed by atoms with van der Waals surface area (Å²) in [7, 11) is -3.62. The minimum absolute atomic E-state index is 0.190. The smallest absolute Gasteiger partial charge is 0.255 e. The van der Waals surface area contributed by atoms with Crippen LogP contribution in [0.1, 0.15) is 52.7 Å². The van der Waals surface area contributed by atoms with Gasteiger partial charge in [0.2, 0.25) is 10.0 Å². The molecule has 0 aromatic heterocycles. The van der Waals surface area contributed by atoms with E-state index in [1.165, 1.54) is 22.6 Å². The van der Waals surface area contributed by atoms with Crippen LogP contribution in [0.25, 0.3) is 10.8 Å². The Labute approximate surface area is 189 Å². The van der Waals surface area contributed by atoms with Crippen LogP contribution in [-0.2, 0) is 22.9 Å². The number of benzene rings is 3. The molecule has 1 fully saturated rings. The Bertz CT molecular complexity index is 1300. The monoisotopic (exact) mass is 448 g/mol. The summed E-state index contributed by atoms with van der Waals surface area (Å²) in [5.41, 5.74) is 4.54. The van der Waals surface area contributed by atoms with Crippen molar-refractivity contribution < 1.29 is 13.2 Å². The number of sulfonamides is 1. The van der Waals surface area contributed by atoms with Crippen molar-refractivity contribution in [3.05, 3.63) is 70.8 Å². The maximum Gasteiger partial charge on any atom is 0.255 e. The highest BCUT2D eigenvalue weighted by Crippen LogP contribution is 2.35. The lowest BCUT2D eigenvalue weighted by Gasteiger charge is -2.20. The fraction of sp³-hybridized carbons (Fsp3) is 0.346. The first kappa shape index (κ1) is 21.2. The van der Waals surface area contributed by atoms with E-state index in [0.717, 1.165) is 55.2 Å². The highest BCUT2D eigenvalue weighted by Gasteiger charge is 2.26. The van der Waals surface area contributed by atoms with Crippen LogP contribution < -0.4 is 5.32 Å². The average molecular weight is 449 g/mol. The second-order valence-electron chi connectivity index (χ2n) is 8.86. The third-order valence-electron chi connectivity index (χ3n) is 6.78. The molecule has 0 radical (unpaired) electrons. The third-order valence-corrected chi connectivity index (χ3v) is 8.68. The molecule has 3 aromatic rings. The molecule has 5 rings (SSSR count). The van der Waals surface area contributed by atoms with Gasteiger partial charge >= 0.3 is 0 Å². The van der Waals surface area contributed by atoms with E-state index in [2.05, 4.69) is 17.4 Å². The summed E-state index contributed by atoms with van der Waals surface area (Å²) in [6.07, 6.45) is 5.93. The SMILES string of the molecule is Cc1ccc(S(=O)(=O)N2CCCCCC2)cc1C(=O)Nc1ccc2c3c(cccc13)CC2. The third kappa shape index (κ3) is 3.71. The van der Waals surface area contributed by atoms with Crippen LogP contribution in [0.2, 0.25) is 0 Å². The average Bonchev–Trinajstić information content (AvgIpc) is 3.01. The van der Waals surface area contributed by atoms with Crippen molar-refractivity contribution in [1.29, 1.82) is 0 Å². The van der Waals surface area contributed by atoms with E-state index >= 15 is 0 Å². The van der Waals surface area contributed by atoms with Gasteiger partial charge in [-0.15, -0.1) is 0 Å². The quantitative estimate of drug-likeness (QED) is 0.606. The van der Waals surface area contributed by atoms with Crippen LogP contribution in [0.5, 0.6) is 0 Å². The minimum Gasteiger partial charge on any atom is -0.321 e. The summed E-state index contributed by atoms with van der Waals surface area (Å²) in [5, 5.41) is 5.32. The van der Waals surface area contributed by atoms with E-state index < -0.39 is 10.0 Å². The Hall–Kier alpha value is -2.70. The molecule has 1 saturated heterocycles. The molecule has 2 aliphatic rings. The van der Waals surface area contributed by atoms with E-state index in [-0.39, 0.29) is 10.8 Å². The molecule has 32 heavy (non-hydrogen) atoms. The van der Waals surface area contributed by atoms with Crippen molar-refractivity contribution in [3.63, 3.8) is 0 Å². The van der Waals surface area contributed by atoms with Crippen LogP contribution in [0.3, 0.4) is 0 Å². The number of rotatable bonds is 4. The molecule has 0 bridgehead atoms. The van der Waals surface area contributed by atoms with Crippen LogP contribution >= 0.6 is 0 Å². The number of hydrogen-bond acceptors (Lipinski definition) is 3. The van der Waals surface area contributed by atoms with Crippen molar-refractivity contribution in [3.8, 4) is 0 Å². The van der Waals surface area contributed by atoms with Crippen molar-refractivity contribution in [2.75, 3.05) is 18.4 Å². The van der Waals surface area contributed by atoms with Gasteiger partial charge in [-0.1, -0.05) is 43.2 Å². The van der Waals surface area contributed by atoms with Crippen LogP contribution in [0, 0.1) is 6.92 Å². The number of amides is 1. The molecule has 3 aromatic carbocycles. The lowest BCUT2D eigenvalue weighted by molar-refractivity contribution is 0.102. The first-order valence-electron chi connectivity index (χ1n) is 11.4. The standard InChI is InChI=1S/C26H28N2O3S/c1-18-9-13-21(32(30,31)28-15-4-2-3-5-16-28)17-23(18)26(29)27-24-14-12-20-11-10-19-7-6-8-22(24)25(19)20/h6-9,12-14,17H,2-5,10-11,15-16H2,1H3,(H,27,29). The maximum atomic E-state index is 13.3. The zero-order valence-corrected chi connectivity index (χ0v) is 19.2. The summed E-state index contributed by atoms with van der Waals surface area (Å²) in [6.45, 7) is 2.92. The number of nitrogens with zero attached hydrogens (tertiary/aromatic N) is 1. The summed E-state index contributed by atoms with van der Waals surface area (Å²) >= 11 is 0. The molecule has 1 aliphatic carbocycles. The number of hydrogen-bond donors (Lipinski definition) is 1. The highest BCUT2D eigenvalue weighted by molar-refractivity contribution is 7.89. The fourth-order valence-corrected chi connectivity index (χ4v) is 6.53.